The minimum absolute atomic E-state index is 0.0457. The highest BCUT2D eigenvalue weighted by Gasteiger charge is 2.10. The molecule has 1 aromatic heterocycles. The molecule has 0 fully saturated rings. The van der Waals surface area contributed by atoms with Crippen LogP contribution in [0.25, 0.3) is 0 Å². The lowest BCUT2D eigenvalue weighted by Gasteiger charge is -2.06. The van der Waals surface area contributed by atoms with Crippen LogP contribution in [0.5, 0.6) is 5.75 Å². The van der Waals surface area contributed by atoms with Crippen molar-refractivity contribution in [3.63, 3.8) is 0 Å². The minimum atomic E-state index is -0.0457. The predicted octanol–water partition coefficient (Wildman–Crippen LogP) is 1.76. The van der Waals surface area contributed by atoms with Gasteiger partial charge in [0.15, 0.2) is 5.75 Å². The molecule has 0 N–H and O–H groups in total. The number of halogens is 2. The Morgan fingerprint density at radius 3 is 2.75 bits per heavy atom. The second-order valence-corrected chi connectivity index (χ2v) is 4.17. The van der Waals surface area contributed by atoms with Gasteiger partial charge in [0.2, 0.25) is 0 Å². The van der Waals surface area contributed by atoms with Crippen LogP contribution in [-0.2, 0) is 7.05 Å². The zero-order valence-corrected chi connectivity index (χ0v) is 10.3. The van der Waals surface area contributed by atoms with E-state index in [2.05, 4.69) is 15.9 Å². The molecule has 0 aromatic carbocycles. The molecule has 1 heterocycles. The maximum atomic E-state index is 11.4. The van der Waals surface area contributed by atoms with Gasteiger partial charge in [0.05, 0.1) is 11.6 Å². The first-order valence-electron chi connectivity index (χ1n) is 3.16. The summed E-state index contributed by atoms with van der Waals surface area (Å²) in [6.07, 6.45) is 1.68. The molecular formula is C7H7BrINO2. The van der Waals surface area contributed by atoms with E-state index in [9.17, 15) is 4.79 Å². The first-order valence-corrected chi connectivity index (χ1v) is 5.03. The molecule has 0 aliphatic rings. The van der Waals surface area contributed by atoms with Gasteiger partial charge in [-0.2, -0.15) is 0 Å². The average Bonchev–Trinajstić information content (AvgIpc) is 2.01. The van der Waals surface area contributed by atoms with E-state index in [0.717, 1.165) is 4.47 Å². The summed E-state index contributed by atoms with van der Waals surface area (Å²) in [5.41, 5.74) is -0.0457. The summed E-state index contributed by atoms with van der Waals surface area (Å²) in [4.78, 5) is 11.4. The Bertz CT molecular complexity index is 361. The van der Waals surface area contributed by atoms with Gasteiger partial charge in [0, 0.05) is 13.2 Å². The van der Waals surface area contributed by atoms with Gasteiger partial charge in [-0.25, -0.2) is 0 Å². The second-order valence-electron chi connectivity index (χ2n) is 2.24. The largest absolute Gasteiger partial charge is 0.494 e. The highest BCUT2D eigenvalue weighted by Crippen LogP contribution is 2.26. The summed E-state index contributed by atoms with van der Waals surface area (Å²) in [6.45, 7) is 0. The Morgan fingerprint density at radius 1 is 1.67 bits per heavy atom. The SMILES string of the molecule is COc1c(Br)cn(C)c(=O)c1I. The first-order chi connectivity index (χ1) is 5.57. The summed E-state index contributed by atoms with van der Waals surface area (Å²) >= 11 is 5.27. The summed E-state index contributed by atoms with van der Waals surface area (Å²) in [7, 11) is 3.25. The molecule has 0 aliphatic heterocycles. The van der Waals surface area contributed by atoms with Crippen LogP contribution < -0.4 is 10.3 Å². The third kappa shape index (κ3) is 1.66. The van der Waals surface area contributed by atoms with Crippen LogP contribution in [0.3, 0.4) is 0 Å². The zero-order valence-electron chi connectivity index (χ0n) is 6.60. The van der Waals surface area contributed by atoms with Gasteiger partial charge in [-0.05, 0) is 38.5 Å². The topological polar surface area (TPSA) is 31.2 Å². The van der Waals surface area contributed by atoms with Crippen LogP contribution in [0.15, 0.2) is 15.5 Å². The quantitative estimate of drug-likeness (QED) is 0.728. The molecule has 0 saturated carbocycles. The molecule has 1 aromatic rings. The molecule has 5 heteroatoms. The van der Waals surface area contributed by atoms with E-state index in [1.54, 1.807) is 20.4 Å². The predicted molar refractivity (Wildman–Crippen MR) is 58.7 cm³/mol. The van der Waals surface area contributed by atoms with Gasteiger partial charge >= 0.3 is 0 Å². The number of ether oxygens (including phenoxy) is 1. The summed E-state index contributed by atoms with van der Waals surface area (Å²) in [6, 6.07) is 0. The van der Waals surface area contributed by atoms with E-state index in [1.165, 1.54) is 4.57 Å². The summed E-state index contributed by atoms with van der Waals surface area (Å²) < 4.78 is 7.93. The van der Waals surface area contributed by atoms with Crippen molar-refractivity contribution in [2.75, 3.05) is 7.11 Å². The first kappa shape index (κ1) is 10.0. The Morgan fingerprint density at radius 2 is 2.25 bits per heavy atom. The van der Waals surface area contributed by atoms with Crippen molar-refractivity contribution in [1.29, 1.82) is 0 Å². The van der Waals surface area contributed by atoms with E-state index < -0.39 is 0 Å². The third-order valence-electron chi connectivity index (χ3n) is 1.44. The van der Waals surface area contributed by atoms with Gasteiger partial charge in [-0.15, -0.1) is 0 Å². The van der Waals surface area contributed by atoms with Gasteiger partial charge in [0.25, 0.3) is 5.56 Å². The van der Waals surface area contributed by atoms with Gasteiger partial charge in [-0.1, -0.05) is 0 Å². The van der Waals surface area contributed by atoms with Crippen LogP contribution >= 0.6 is 38.5 Å². The molecule has 0 bridgehead atoms. The average molecular weight is 344 g/mol. The van der Waals surface area contributed by atoms with Crippen molar-refractivity contribution in [1.82, 2.24) is 4.57 Å². The van der Waals surface area contributed by atoms with E-state index >= 15 is 0 Å². The number of hydrogen-bond donors (Lipinski definition) is 0. The van der Waals surface area contributed by atoms with Gasteiger partial charge in [0.1, 0.15) is 3.57 Å². The van der Waals surface area contributed by atoms with Crippen molar-refractivity contribution in [2.24, 2.45) is 7.05 Å². The normalized spacial score (nSPS) is 10.0. The molecule has 3 nitrogen and oxygen atoms in total. The number of aryl methyl sites for hydroxylation is 1. The third-order valence-corrected chi connectivity index (χ3v) is 2.95. The molecule has 0 spiro atoms. The molecule has 0 atom stereocenters. The Labute approximate surface area is 92.0 Å². The van der Waals surface area contributed by atoms with Gasteiger partial charge in [-0.3, -0.25) is 4.79 Å². The second kappa shape index (κ2) is 3.78. The number of rotatable bonds is 1. The fourth-order valence-electron chi connectivity index (χ4n) is 0.831. The fourth-order valence-corrected chi connectivity index (χ4v) is 2.76. The van der Waals surface area contributed by atoms with Crippen molar-refractivity contribution in [3.8, 4) is 5.75 Å². The standard InChI is InChI=1S/C7H7BrINO2/c1-10-3-4(8)6(12-2)5(9)7(10)11/h3H,1-2H3. The zero-order chi connectivity index (χ0) is 9.30. The number of methoxy groups -OCH3 is 1. The maximum absolute atomic E-state index is 11.4. The van der Waals surface area contributed by atoms with Gasteiger partial charge < -0.3 is 9.30 Å². The molecule has 66 valence electrons. The molecular weight excluding hydrogens is 337 g/mol. The van der Waals surface area contributed by atoms with E-state index in [4.69, 9.17) is 4.74 Å². The lowest BCUT2D eigenvalue weighted by Crippen LogP contribution is -2.19. The van der Waals surface area contributed by atoms with Crippen LogP contribution in [0.4, 0.5) is 0 Å². The number of hydrogen-bond acceptors (Lipinski definition) is 2. The monoisotopic (exact) mass is 343 g/mol. The molecule has 1 rings (SSSR count). The van der Waals surface area contributed by atoms with Crippen molar-refractivity contribution in [3.05, 3.63) is 24.6 Å². The Balaban J connectivity index is 3.52. The smallest absolute Gasteiger partial charge is 0.267 e. The lowest BCUT2D eigenvalue weighted by atomic mass is 10.4. The molecule has 0 amide bonds. The molecule has 0 unspecified atom stereocenters. The van der Waals surface area contributed by atoms with Crippen LogP contribution in [0.1, 0.15) is 0 Å². The van der Waals surface area contributed by atoms with Crippen LogP contribution in [0.2, 0.25) is 0 Å². The van der Waals surface area contributed by atoms with E-state index in [1.807, 2.05) is 22.6 Å². The highest BCUT2D eigenvalue weighted by molar-refractivity contribution is 14.1. The van der Waals surface area contributed by atoms with Crippen LogP contribution in [0, 0.1) is 3.57 Å². The lowest BCUT2D eigenvalue weighted by molar-refractivity contribution is 0.406. The van der Waals surface area contributed by atoms with Crippen molar-refractivity contribution < 1.29 is 4.74 Å². The van der Waals surface area contributed by atoms with E-state index in [-0.39, 0.29) is 5.56 Å². The van der Waals surface area contributed by atoms with Crippen molar-refractivity contribution >= 4 is 38.5 Å². The summed E-state index contributed by atoms with van der Waals surface area (Å²) in [5, 5.41) is 0. The summed E-state index contributed by atoms with van der Waals surface area (Å²) in [5.74, 6) is 0.596. The van der Waals surface area contributed by atoms with Crippen molar-refractivity contribution in [2.45, 2.75) is 0 Å². The number of pyridine rings is 1. The molecule has 0 radical (unpaired) electrons. The van der Waals surface area contributed by atoms with Crippen LogP contribution in [-0.4, -0.2) is 11.7 Å². The number of aromatic nitrogens is 1. The Hall–Kier alpha value is -0.0400. The Kier molecular flexibility index (Phi) is 3.16. The maximum Gasteiger partial charge on any atom is 0.267 e. The highest BCUT2D eigenvalue weighted by atomic mass is 127. The molecule has 0 saturated heterocycles. The fraction of sp³-hybridized carbons (Fsp3) is 0.286. The minimum Gasteiger partial charge on any atom is -0.494 e. The molecule has 0 aliphatic carbocycles. The number of nitrogens with zero attached hydrogens (tertiary/aromatic N) is 1. The van der Waals surface area contributed by atoms with E-state index in [0.29, 0.717) is 9.32 Å². The molecule has 12 heavy (non-hydrogen) atoms.